The first-order valence-corrected chi connectivity index (χ1v) is 9.40. The topological polar surface area (TPSA) is 81.8 Å². The number of rotatable bonds is 6. The van der Waals surface area contributed by atoms with E-state index in [1.54, 1.807) is 24.3 Å². The molecule has 1 unspecified atom stereocenters. The van der Waals surface area contributed by atoms with Gasteiger partial charge < -0.3 is 16.2 Å². The van der Waals surface area contributed by atoms with Crippen LogP contribution in [0.1, 0.15) is 17.4 Å². The van der Waals surface area contributed by atoms with Crippen molar-refractivity contribution in [3.63, 3.8) is 0 Å². The maximum absolute atomic E-state index is 12.4. The average Bonchev–Trinajstić information content (AvgIpc) is 2.65. The molecule has 1 aliphatic rings. The second kappa shape index (κ2) is 9.30. The zero-order valence-electron chi connectivity index (χ0n) is 15.1. The first-order chi connectivity index (χ1) is 13.0. The highest BCUT2D eigenvalue weighted by atomic mass is 35.5. The minimum atomic E-state index is -1.11. The van der Waals surface area contributed by atoms with Crippen molar-refractivity contribution in [1.29, 1.82) is 0 Å². The van der Waals surface area contributed by atoms with Crippen LogP contribution in [0.3, 0.4) is 0 Å². The summed E-state index contributed by atoms with van der Waals surface area (Å²) in [6, 6.07) is 14.9. The van der Waals surface area contributed by atoms with Crippen LogP contribution in [-0.2, 0) is 11.3 Å². The fourth-order valence-electron chi connectivity index (χ4n) is 3.22. The monoisotopic (exact) mass is 388 g/mol. The number of aliphatic hydroxyl groups is 1. The zero-order chi connectivity index (χ0) is 19.2. The third-order valence-electron chi connectivity index (χ3n) is 4.71. The summed E-state index contributed by atoms with van der Waals surface area (Å²) in [6.45, 7) is 4.70. The summed E-state index contributed by atoms with van der Waals surface area (Å²) in [4.78, 5) is 16.9. The molecular formula is C20H25ClN4O2. The van der Waals surface area contributed by atoms with Crippen molar-refractivity contribution in [3.8, 4) is 0 Å². The van der Waals surface area contributed by atoms with Crippen molar-refractivity contribution < 1.29 is 9.90 Å². The van der Waals surface area contributed by atoms with E-state index in [-0.39, 0.29) is 5.91 Å². The van der Waals surface area contributed by atoms with Crippen molar-refractivity contribution in [2.24, 2.45) is 5.73 Å². The quantitative estimate of drug-likeness (QED) is 0.660. The summed E-state index contributed by atoms with van der Waals surface area (Å²) in [7, 11) is 0. The summed E-state index contributed by atoms with van der Waals surface area (Å²) < 4.78 is 0. The lowest BCUT2D eigenvalue weighted by atomic mass is 10.1. The van der Waals surface area contributed by atoms with Crippen LogP contribution in [0.25, 0.3) is 0 Å². The molecule has 7 heteroatoms. The lowest BCUT2D eigenvalue weighted by Gasteiger charge is -2.34. The summed E-state index contributed by atoms with van der Waals surface area (Å²) in [5.41, 5.74) is 7.85. The van der Waals surface area contributed by atoms with Gasteiger partial charge in [0.15, 0.2) is 0 Å². The number of carbonyl (C=O) groups is 1. The number of nitrogens with one attached hydrogen (secondary N) is 1. The number of amides is 1. The summed E-state index contributed by atoms with van der Waals surface area (Å²) >= 11 is 5.93. The van der Waals surface area contributed by atoms with E-state index in [2.05, 4.69) is 15.1 Å². The lowest BCUT2D eigenvalue weighted by molar-refractivity contribution is -0.117. The van der Waals surface area contributed by atoms with Crippen molar-refractivity contribution in [1.82, 2.24) is 9.80 Å². The molecule has 144 valence electrons. The summed E-state index contributed by atoms with van der Waals surface area (Å²) in [5.74, 6) is -0.103. The van der Waals surface area contributed by atoms with E-state index >= 15 is 0 Å². The molecule has 2 aromatic rings. The predicted octanol–water partition coefficient (Wildman–Crippen LogP) is 2.05. The molecule has 1 atom stereocenters. The Balaban J connectivity index is 1.46. The maximum Gasteiger partial charge on any atom is 0.238 e. The molecule has 1 saturated heterocycles. The van der Waals surface area contributed by atoms with Crippen LogP contribution in [0.5, 0.6) is 0 Å². The fraction of sp³-hybridized carbons (Fsp3) is 0.350. The van der Waals surface area contributed by atoms with Crippen LogP contribution >= 0.6 is 11.6 Å². The van der Waals surface area contributed by atoms with Gasteiger partial charge >= 0.3 is 0 Å². The molecule has 1 heterocycles. The molecule has 6 nitrogen and oxygen atoms in total. The Morgan fingerprint density at radius 1 is 1.07 bits per heavy atom. The van der Waals surface area contributed by atoms with Gasteiger partial charge in [-0.2, -0.15) is 0 Å². The highest BCUT2D eigenvalue weighted by Crippen LogP contribution is 2.19. The Bertz CT molecular complexity index is 759. The molecule has 1 aliphatic heterocycles. The molecule has 0 bridgehead atoms. The Morgan fingerprint density at radius 3 is 2.37 bits per heavy atom. The average molecular weight is 389 g/mol. The number of nitrogens with two attached hydrogens (primary N) is 1. The molecule has 0 saturated carbocycles. The molecule has 2 aromatic carbocycles. The van der Waals surface area contributed by atoms with E-state index in [9.17, 15) is 9.90 Å². The third-order valence-corrected chi connectivity index (χ3v) is 4.96. The van der Waals surface area contributed by atoms with Crippen molar-refractivity contribution in [3.05, 3.63) is 64.7 Å². The fourth-order valence-corrected chi connectivity index (χ4v) is 3.34. The van der Waals surface area contributed by atoms with Gasteiger partial charge in [-0.3, -0.25) is 14.6 Å². The Morgan fingerprint density at radius 2 is 1.70 bits per heavy atom. The van der Waals surface area contributed by atoms with Crippen LogP contribution < -0.4 is 11.1 Å². The smallest absolute Gasteiger partial charge is 0.238 e. The van der Waals surface area contributed by atoms with Gasteiger partial charge in [0.1, 0.15) is 6.23 Å². The number of hydrogen-bond acceptors (Lipinski definition) is 5. The van der Waals surface area contributed by atoms with E-state index in [0.29, 0.717) is 17.8 Å². The van der Waals surface area contributed by atoms with E-state index < -0.39 is 6.23 Å². The second-order valence-corrected chi connectivity index (χ2v) is 7.20. The van der Waals surface area contributed by atoms with Gasteiger partial charge in [-0.1, -0.05) is 41.9 Å². The van der Waals surface area contributed by atoms with Gasteiger partial charge in [-0.25, -0.2) is 0 Å². The van der Waals surface area contributed by atoms with Gasteiger partial charge in [0.2, 0.25) is 5.91 Å². The van der Waals surface area contributed by atoms with E-state index in [1.807, 2.05) is 24.3 Å². The number of nitrogens with zero attached hydrogens (tertiary/aromatic N) is 2. The number of aliphatic hydroxyl groups excluding tert-OH is 1. The second-order valence-electron chi connectivity index (χ2n) is 6.76. The molecule has 1 fully saturated rings. The lowest BCUT2D eigenvalue weighted by Crippen LogP contribution is -2.48. The SMILES string of the molecule is NC(O)c1ccccc1NC(=O)CN1CCN(Cc2ccc(Cl)cc2)CC1. The van der Waals surface area contributed by atoms with E-state index in [0.717, 1.165) is 37.7 Å². The summed E-state index contributed by atoms with van der Waals surface area (Å²) in [6.07, 6.45) is -1.11. The van der Waals surface area contributed by atoms with Crippen molar-refractivity contribution >= 4 is 23.2 Å². The number of hydrogen-bond donors (Lipinski definition) is 3. The van der Waals surface area contributed by atoms with Crippen LogP contribution in [0, 0.1) is 0 Å². The first-order valence-electron chi connectivity index (χ1n) is 9.03. The van der Waals surface area contributed by atoms with Gasteiger partial charge in [0.25, 0.3) is 0 Å². The summed E-state index contributed by atoms with van der Waals surface area (Å²) in [5, 5.41) is 13.2. The molecule has 27 heavy (non-hydrogen) atoms. The molecule has 0 radical (unpaired) electrons. The molecule has 0 spiro atoms. The molecule has 0 aliphatic carbocycles. The minimum absolute atomic E-state index is 0.103. The number of para-hydroxylation sites is 1. The standard InChI is InChI=1S/C20H25ClN4O2/c21-16-7-5-15(6-8-16)13-24-9-11-25(12-10-24)14-19(26)23-18-4-2-1-3-17(18)20(22)27/h1-8,20,27H,9-14,22H2,(H,23,26). The van der Waals surface area contributed by atoms with Gasteiger partial charge in [0.05, 0.1) is 6.54 Å². The Hall–Kier alpha value is -1.96. The number of anilines is 1. The minimum Gasteiger partial charge on any atom is -0.374 e. The largest absolute Gasteiger partial charge is 0.374 e. The zero-order valence-corrected chi connectivity index (χ0v) is 15.9. The third kappa shape index (κ3) is 5.76. The highest BCUT2D eigenvalue weighted by molar-refractivity contribution is 6.30. The number of halogens is 1. The Kier molecular flexibility index (Phi) is 6.82. The molecule has 1 amide bonds. The van der Waals surface area contributed by atoms with Crippen LogP contribution in [0.4, 0.5) is 5.69 Å². The van der Waals surface area contributed by atoms with Gasteiger partial charge in [-0.05, 0) is 23.8 Å². The molecule has 4 N–H and O–H groups in total. The maximum atomic E-state index is 12.4. The van der Waals surface area contributed by atoms with Crippen molar-refractivity contribution in [2.45, 2.75) is 12.8 Å². The van der Waals surface area contributed by atoms with Crippen molar-refractivity contribution in [2.75, 3.05) is 38.0 Å². The van der Waals surface area contributed by atoms with E-state index in [1.165, 1.54) is 5.56 Å². The van der Waals surface area contributed by atoms with Gasteiger partial charge in [-0.15, -0.1) is 0 Å². The molecule has 0 aromatic heterocycles. The number of benzene rings is 2. The Labute approximate surface area is 164 Å². The van der Waals surface area contributed by atoms with Crippen LogP contribution in [0.15, 0.2) is 48.5 Å². The number of piperazine rings is 1. The first kappa shape index (κ1) is 19.8. The molecule has 3 rings (SSSR count). The highest BCUT2D eigenvalue weighted by Gasteiger charge is 2.19. The molecular weight excluding hydrogens is 364 g/mol. The normalized spacial score (nSPS) is 16.9. The van der Waals surface area contributed by atoms with Crippen LogP contribution in [0.2, 0.25) is 5.02 Å². The predicted molar refractivity (Wildman–Crippen MR) is 107 cm³/mol. The van der Waals surface area contributed by atoms with Crippen LogP contribution in [-0.4, -0.2) is 53.5 Å². The number of carbonyl (C=O) groups excluding carboxylic acids is 1. The van der Waals surface area contributed by atoms with Gasteiger partial charge in [0, 0.05) is 49.0 Å². The van der Waals surface area contributed by atoms with E-state index in [4.69, 9.17) is 17.3 Å².